The zero-order valence-electron chi connectivity index (χ0n) is 17.2. The van der Waals surface area contributed by atoms with Crippen LogP contribution in [0.15, 0.2) is 12.2 Å². The Hall–Kier alpha value is -0.260. The average molecular weight is 323 g/mol. The average Bonchev–Trinajstić information content (AvgIpc) is 2.47. The van der Waals surface area contributed by atoms with Gasteiger partial charge in [-0.1, -0.05) is 105 Å². The van der Waals surface area contributed by atoms with Crippen molar-refractivity contribution in [2.24, 2.45) is 23.7 Å². The van der Waals surface area contributed by atoms with Crippen LogP contribution >= 0.6 is 0 Å². The molecule has 0 aromatic heterocycles. The topological polar surface area (TPSA) is 0 Å². The minimum absolute atomic E-state index is 0.877. The van der Waals surface area contributed by atoms with Crippen LogP contribution in [0, 0.1) is 23.7 Å². The molecule has 0 aliphatic carbocycles. The van der Waals surface area contributed by atoms with Crippen molar-refractivity contribution in [1.29, 1.82) is 0 Å². The predicted molar refractivity (Wildman–Crippen MR) is 108 cm³/mol. The maximum Gasteiger partial charge on any atom is -0.0348 e. The van der Waals surface area contributed by atoms with E-state index in [-0.39, 0.29) is 0 Å². The summed E-state index contributed by atoms with van der Waals surface area (Å²) in [5, 5.41) is 0. The van der Waals surface area contributed by atoms with E-state index in [4.69, 9.17) is 0 Å². The lowest BCUT2D eigenvalue weighted by Gasteiger charge is -2.16. The van der Waals surface area contributed by atoms with Crippen LogP contribution in [0.5, 0.6) is 0 Å². The maximum atomic E-state index is 2.47. The molecule has 0 saturated carbocycles. The Labute approximate surface area is 148 Å². The third-order valence-electron chi connectivity index (χ3n) is 5.33. The van der Waals surface area contributed by atoms with Gasteiger partial charge in [0.05, 0.1) is 0 Å². The van der Waals surface area contributed by atoms with Gasteiger partial charge in [-0.25, -0.2) is 0 Å². The highest BCUT2D eigenvalue weighted by atomic mass is 14.1. The Kier molecular flexibility index (Phi) is 15.1. The number of allylic oxidation sites excluding steroid dienone is 2. The van der Waals surface area contributed by atoms with Gasteiger partial charge in [-0.3, -0.25) is 0 Å². The van der Waals surface area contributed by atoms with E-state index < -0.39 is 0 Å². The first-order chi connectivity index (χ1) is 11.0. The van der Waals surface area contributed by atoms with Crippen molar-refractivity contribution in [3.05, 3.63) is 12.2 Å². The lowest BCUT2D eigenvalue weighted by atomic mass is 9.90. The van der Waals surface area contributed by atoms with Crippen molar-refractivity contribution in [3.63, 3.8) is 0 Å². The van der Waals surface area contributed by atoms with Gasteiger partial charge in [-0.2, -0.15) is 0 Å². The summed E-state index contributed by atoms with van der Waals surface area (Å²) < 4.78 is 0. The van der Waals surface area contributed by atoms with Gasteiger partial charge in [0.15, 0.2) is 0 Å². The normalized spacial score (nSPS) is 16.1. The number of rotatable bonds is 15. The van der Waals surface area contributed by atoms with Crippen molar-refractivity contribution in [1.82, 2.24) is 0 Å². The quantitative estimate of drug-likeness (QED) is 0.265. The Bertz CT molecular complexity index is 263. The van der Waals surface area contributed by atoms with E-state index in [9.17, 15) is 0 Å². The van der Waals surface area contributed by atoms with Crippen LogP contribution in [0.25, 0.3) is 0 Å². The van der Waals surface area contributed by atoms with Gasteiger partial charge in [0.1, 0.15) is 0 Å². The molecule has 0 aliphatic heterocycles. The first-order valence-electron chi connectivity index (χ1n) is 10.6. The molecule has 0 heterocycles. The van der Waals surface area contributed by atoms with E-state index in [1.165, 1.54) is 70.6 Å². The van der Waals surface area contributed by atoms with Crippen molar-refractivity contribution in [2.75, 3.05) is 0 Å². The van der Waals surface area contributed by atoms with Crippen molar-refractivity contribution < 1.29 is 0 Å². The van der Waals surface area contributed by atoms with Crippen LogP contribution in [0.1, 0.15) is 112 Å². The number of hydrogen-bond acceptors (Lipinski definition) is 0. The van der Waals surface area contributed by atoms with Gasteiger partial charge in [-0.15, -0.1) is 0 Å². The smallest absolute Gasteiger partial charge is 0.0348 e. The first kappa shape index (κ1) is 22.7. The summed E-state index contributed by atoms with van der Waals surface area (Å²) in [5.74, 6) is 3.65. The summed E-state index contributed by atoms with van der Waals surface area (Å²) in [7, 11) is 0. The van der Waals surface area contributed by atoms with Crippen LogP contribution in [0.4, 0.5) is 0 Å². The third-order valence-corrected chi connectivity index (χ3v) is 5.33. The molecule has 0 nitrogen and oxygen atoms in total. The summed E-state index contributed by atoms with van der Waals surface area (Å²) in [6.45, 7) is 14.2. The predicted octanol–water partition coefficient (Wildman–Crippen LogP) is 8.42. The van der Waals surface area contributed by atoms with E-state index in [0.717, 1.165) is 23.7 Å². The molecule has 0 bridgehead atoms. The van der Waals surface area contributed by atoms with Crippen molar-refractivity contribution in [3.8, 4) is 0 Å². The Morgan fingerprint density at radius 2 is 0.957 bits per heavy atom. The molecule has 0 amide bonds. The molecule has 0 fully saturated rings. The Balaban J connectivity index is 3.50. The van der Waals surface area contributed by atoms with Gasteiger partial charge < -0.3 is 0 Å². The molecule has 0 aromatic carbocycles. The summed E-state index contributed by atoms with van der Waals surface area (Å²) in [6, 6.07) is 0. The van der Waals surface area contributed by atoms with Crippen LogP contribution in [0.3, 0.4) is 0 Å². The lowest BCUT2D eigenvalue weighted by Crippen LogP contribution is -2.01. The van der Waals surface area contributed by atoms with Gasteiger partial charge in [0, 0.05) is 0 Å². The van der Waals surface area contributed by atoms with Crippen LogP contribution in [-0.4, -0.2) is 0 Å². The molecule has 0 radical (unpaired) electrons. The second-order valence-electron chi connectivity index (χ2n) is 8.65. The largest absolute Gasteiger partial charge is 0.0917 e. The molecule has 0 aromatic rings. The second kappa shape index (κ2) is 15.3. The molecule has 0 saturated heterocycles. The zero-order chi connectivity index (χ0) is 17.5. The van der Waals surface area contributed by atoms with E-state index in [2.05, 4.69) is 53.7 Å². The molecular formula is C23H46. The summed E-state index contributed by atoms with van der Waals surface area (Å²) >= 11 is 0. The minimum atomic E-state index is 0.877. The molecule has 0 spiro atoms. The SMILES string of the molecule is CC=CCCC(C)CCCC(C)CCCC(C)CCCC(C)C. The minimum Gasteiger partial charge on any atom is -0.0917 e. The molecule has 0 rings (SSSR count). The van der Waals surface area contributed by atoms with E-state index >= 15 is 0 Å². The molecule has 138 valence electrons. The molecule has 23 heavy (non-hydrogen) atoms. The highest BCUT2D eigenvalue weighted by Crippen LogP contribution is 2.22. The highest BCUT2D eigenvalue weighted by molar-refractivity contribution is 4.77. The monoisotopic (exact) mass is 322 g/mol. The fourth-order valence-electron chi connectivity index (χ4n) is 3.48. The second-order valence-corrected chi connectivity index (χ2v) is 8.65. The van der Waals surface area contributed by atoms with Crippen molar-refractivity contribution in [2.45, 2.75) is 112 Å². The van der Waals surface area contributed by atoms with Gasteiger partial charge in [-0.05, 0) is 43.4 Å². The van der Waals surface area contributed by atoms with Gasteiger partial charge in [0.2, 0.25) is 0 Å². The lowest BCUT2D eigenvalue weighted by molar-refractivity contribution is 0.375. The van der Waals surface area contributed by atoms with Crippen LogP contribution < -0.4 is 0 Å². The van der Waals surface area contributed by atoms with Gasteiger partial charge >= 0.3 is 0 Å². The van der Waals surface area contributed by atoms with Crippen molar-refractivity contribution >= 4 is 0 Å². The number of hydrogen-bond donors (Lipinski definition) is 0. The Morgan fingerprint density at radius 1 is 0.565 bits per heavy atom. The summed E-state index contributed by atoms with van der Waals surface area (Å²) in [6.07, 6.45) is 20.0. The highest BCUT2D eigenvalue weighted by Gasteiger charge is 2.07. The van der Waals surface area contributed by atoms with Gasteiger partial charge in [0.25, 0.3) is 0 Å². The first-order valence-corrected chi connectivity index (χ1v) is 10.6. The van der Waals surface area contributed by atoms with E-state index in [1.54, 1.807) is 0 Å². The fraction of sp³-hybridized carbons (Fsp3) is 0.913. The standard InChI is InChI=1S/C23H46/c1-7-8-9-14-21(4)16-11-18-23(6)19-12-17-22(5)15-10-13-20(2)3/h7-8,20-23H,9-19H2,1-6H3. The van der Waals surface area contributed by atoms with E-state index in [1.807, 2.05) is 0 Å². The zero-order valence-corrected chi connectivity index (χ0v) is 17.2. The summed E-state index contributed by atoms with van der Waals surface area (Å²) in [4.78, 5) is 0. The third kappa shape index (κ3) is 16.4. The van der Waals surface area contributed by atoms with E-state index in [0.29, 0.717) is 0 Å². The fourth-order valence-corrected chi connectivity index (χ4v) is 3.48. The molecular weight excluding hydrogens is 276 g/mol. The Morgan fingerprint density at radius 3 is 1.35 bits per heavy atom. The molecule has 0 N–H and O–H groups in total. The van der Waals surface area contributed by atoms with Crippen LogP contribution in [-0.2, 0) is 0 Å². The molecule has 3 unspecified atom stereocenters. The van der Waals surface area contributed by atoms with Crippen LogP contribution in [0.2, 0.25) is 0 Å². The molecule has 0 aliphatic rings. The molecule has 3 atom stereocenters. The summed E-state index contributed by atoms with van der Waals surface area (Å²) in [5.41, 5.74) is 0. The maximum absolute atomic E-state index is 2.47. The molecule has 0 heteroatoms.